The molecule has 2 amide bonds. The predicted molar refractivity (Wildman–Crippen MR) is 87.0 cm³/mol. The van der Waals surface area contributed by atoms with Crippen LogP contribution in [0.4, 0.5) is 5.69 Å². The van der Waals surface area contributed by atoms with Crippen LogP contribution in [0.1, 0.15) is 12.2 Å². The Labute approximate surface area is 137 Å². The van der Waals surface area contributed by atoms with Crippen LogP contribution in [0.5, 0.6) is 0 Å². The Kier molecular flexibility index (Phi) is 3.53. The van der Waals surface area contributed by atoms with Gasteiger partial charge in [-0.05, 0) is 30.3 Å². The molecule has 1 saturated heterocycles. The zero-order valence-corrected chi connectivity index (χ0v) is 12.9. The first-order valence-corrected chi connectivity index (χ1v) is 7.73. The third-order valence-corrected chi connectivity index (χ3v) is 4.20. The lowest BCUT2D eigenvalue weighted by Gasteiger charge is -2.15. The molecular formula is C17H16N4O3. The van der Waals surface area contributed by atoms with E-state index < -0.39 is 0 Å². The lowest BCUT2D eigenvalue weighted by atomic mass is 10.1. The van der Waals surface area contributed by atoms with Crippen LogP contribution in [0.15, 0.2) is 47.3 Å². The molecule has 4 rings (SSSR count). The number of furan rings is 1. The fraction of sp³-hybridized carbons (Fsp3) is 0.235. The molecule has 2 N–H and O–H groups in total. The van der Waals surface area contributed by atoms with Gasteiger partial charge in [-0.2, -0.15) is 0 Å². The SMILES string of the molecule is O=C(Nc1ccc2nc[nH]c2c1)C1CC(=O)N(Cc2ccco2)C1. The normalized spacial score (nSPS) is 17.6. The van der Waals surface area contributed by atoms with Gasteiger partial charge in [-0.1, -0.05) is 0 Å². The highest BCUT2D eigenvalue weighted by Gasteiger charge is 2.34. The number of H-pyrrole nitrogens is 1. The summed E-state index contributed by atoms with van der Waals surface area (Å²) in [4.78, 5) is 33.3. The first kappa shape index (κ1) is 14.5. The van der Waals surface area contributed by atoms with Gasteiger partial charge in [0.2, 0.25) is 11.8 Å². The van der Waals surface area contributed by atoms with Crippen molar-refractivity contribution in [3.8, 4) is 0 Å². The molecule has 1 aromatic carbocycles. The molecule has 3 aromatic rings. The van der Waals surface area contributed by atoms with Crippen LogP contribution in [-0.2, 0) is 16.1 Å². The molecular weight excluding hydrogens is 308 g/mol. The average molecular weight is 324 g/mol. The molecule has 0 bridgehead atoms. The number of nitrogens with zero attached hydrogens (tertiary/aromatic N) is 2. The number of hydrogen-bond donors (Lipinski definition) is 2. The maximum absolute atomic E-state index is 12.4. The van der Waals surface area contributed by atoms with Crippen LogP contribution in [0, 0.1) is 5.92 Å². The Morgan fingerprint density at radius 3 is 3.17 bits per heavy atom. The third kappa shape index (κ3) is 2.76. The number of imidazole rings is 1. The fourth-order valence-corrected chi connectivity index (χ4v) is 2.95. The van der Waals surface area contributed by atoms with Gasteiger partial charge in [-0.25, -0.2) is 4.98 Å². The molecule has 0 radical (unpaired) electrons. The number of carbonyl (C=O) groups is 2. The topological polar surface area (TPSA) is 91.2 Å². The number of benzene rings is 1. The molecule has 7 nitrogen and oxygen atoms in total. The second-order valence-corrected chi connectivity index (χ2v) is 5.88. The predicted octanol–water partition coefficient (Wildman–Crippen LogP) is 2.14. The Bertz CT molecular complexity index is 884. The van der Waals surface area contributed by atoms with Crippen molar-refractivity contribution in [3.63, 3.8) is 0 Å². The van der Waals surface area contributed by atoms with Crippen LogP contribution in [0.25, 0.3) is 11.0 Å². The van der Waals surface area contributed by atoms with Crippen LogP contribution < -0.4 is 5.32 Å². The summed E-state index contributed by atoms with van der Waals surface area (Å²) in [7, 11) is 0. The number of fused-ring (bicyclic) bond motifs is 1. The van der Waals surface area contributed by atoms with Crippen molar-refractivity contribution in [3.05, 3.63) is 48.7 Å². The zero-order valence-electron chi connectivity index (χ0n) is 12.9. The minimum Gasteiger partial charge on any atom is -0.467 e. The average Bonchev–Trinajstić information content (AvgIpc) is 3.29. The Morgan fingerprint density at radius 2 is 2.33 bits per heavy atom. The van der Waals surface area contributed by atoms with E-state index in [1.807, 2.05) is 18.2 Å². The highest BCUT2D eigenvalue weighted by atomic mass is 16.3. The Balaban J connectivity index is 1.42. The molecule has 0 spiro atoms. The van der Waals surface area contributed by atoms with Crippen LogP contribution in [-0.4, -0.2) is 33.2 Å². The largest absolute Gasteiger partial charge is 0.467 e. The van der Waals surface area contributed by atoms with Gasteiger partial charge in [0.15, 0.2) is 0 Å². The van der Waals surface area contributed by atoms with E-state index in [0.717, 1.165) is 11.0 Å². The highest BCUT2D eigenvalue weighted by Crippen LogP contribution is 2.23. The number of carbonyl (C=O) groups excluding carboxylic acids is 2. The number of aromatic nitrogens is 2. The van der Waals surface area contributed by atoms with E-state index in [1.165, 1.54) is 0 Å². The molecule has 1 aliphatic rings. The third-order valence-electron chi connectivity index (χ3n) is 4.20. The molecule has 2 aromatic heterocycles. The fourth-order valence-electron chi connectivity index (χ4n) is 2.95. The van der Waals surface area contributed by atoms with E-state index in [4.69, 9.17) is 4.42 Å². The molecule has 3 heterocycles. The van der Waals surface area contributed by atoms with Crippen LogP contribution in [0.2, 0.25) is 0 Å². The quantitative estimate of drug-likeness (QED) is 0.769. The zero-order chi connectivity index (χ0) is 16.5. The van der Waals surface area contributed by atoms with Crippen LogP contribution >= 0.6 is 0 Å². The van der Waals surface area contributed by atoms with Crippen LogP contribution in [0.3, 0.4) is 0 Å². The first-order chi connectivity index (χ1) is 11.7. The molecule has 0 saturated carbocycles. The Hall–Kier alpha value is -3.09. The molecule has 0 aliphatic carbocycles. The molecule has 1 unspecified atom stereocenters. The Morgan fingerprint density at radius 1 is 1.42 bits per heavy atom. The molecule has 1 fully saturated rings. The first-order valence-electron chi connectivity index (χ1n) is 7.73. The second kappa shape index (κ2) is 5.84. The molecule has 7 heteroatoms. The van der Waals surface area contributed by atoms with E-state index in [1.54, 1.807) is 29.6 Å². The second-order valence-electron chi connectivity index (χ2n) is 5.88. The smallest absolute Gasteiger partial charge is 0.229 e. The summed E-state index contributed by atoms with van der Waals surface area (Å²) < 4.78 is 5.26. The standard InChI is InChI=1S/C17H16N4O3/c22-16-6-11(8-21(16)9-13-2-1-5-24-13)17(23)20-12-3-4-14-15(7-12)19-10-18-14/h1-5,7,10-11H,6,8-9H2,(H,18,19)(H,20,23). The lowest BCUT2D eigenvalue weighted by Crippen LogP contribution is -2.27. The monoisotopic (exact) mass is 324 g/mol. The highest BCUT2D eigenvalue weighted by molar-refractivity contribution is 5.98. The van der Waals surface area contributed by atoms with E-state index >= 15 is 0 Å². The lowest BCUT2D eigenvalue weighted by molar-refractivity contribution is -0.128. The van der Waals surface area contributed by atoms with E-state index in [0.29, 0.717) is 24.5 Å². The number of likely N-dealkylation sites (tertiary alicyclic amines) is 1. The van der Waals surface area contributed by atoms with Crippen molar-refractivity contribution in [2.45, 2.75) is 13.0 Å². The van der Waals surface area contributed by atoms with E-state index in [2.05, 4.69) is 15.3 Å². The van der Waals surface area contributed by atoms with Gasteiger partial charge in [0.25, 0.3) is 0 Å². The number of hydrogen-bond acceptors (Lipinski definition) is 4. The summed E-state index contributed by atoms with van der Waals surface area (Å²) in [5.74, 6) is 0.179. The van der Waals surface area contributed by atoms with Gasteiger partial charge in [0.1, 0.15) is 5.76 Å². The van der Waals surface area contributed by atoms with Gasteiger partial charge >= 0.3 is 0 Å². The van der Waals surface area contributed by atoms with Gasteiger partial charge in [-0.15, -0.1) is 0 Å². The van der Waals surface area contributed by atoms with Gasteiger partial charge in [0.05, 0.1) is 36.1 Å². The van der Waals surface area contributed by atoms with Crippen molar-refractivity contribution in [1.29, 1.82) is 0 Å². The van der Waals surface area contributed by atoms with Crippen molar-refractivity contribution < 1.29 is 14.0 Å². The molecule has 1 atom stereocenters. The summed E-state index contributed by atoms with van der Waals surface area (Å²) >= 11 is 0. The summed E-state index contributed by atoms with van der Waals surface area (Å²) in [6, 6.07) is 9.08. The van der Waals surface area contributed by atoms with Gasteiger partial charge < -0.3 is 19.6 Å². The van der Waals surface area contributed by atoms with Crippen molar-refractivity contribution in [2.75, 3.05) is 11.9 Å². The van der Waals surface area contributed by atoms with Crippen molar-refractivity contribution in [2.24, 2.45) is 5.92 Å². The molecule has 24 heavy (non-hydrogen) atoms. The minimum absolute atomic E-state index is 0.0319. The van der Waals surface area contributed by atoms with Gasteiger partial charge in [0, 0.05) is 18.7 Å². The number of nitrogens with one attached hydrogen (secondary N) is 2. The number of amides is 2. The number of anilines is 1. The van der Waals surface area contributed by atoms with E-state index in [9.17, 15) is 9.59 Å². The van der Waals surface area contributed by atoms with Crippen molar-refractivity contribution in [1.82, 2.24) is 14.9 Å². The molecule has 1 aliphatic heterocycles. The van der Waals surface area contributed by atoms with Crippen molar-refractivity contribution >= 4 is 28.5 Å². The molecule has 122 valence electrons. The van der Waals surface area contributed by atoms with Gasteiger partial charge in [-0.3, -0.25) is 9.59 Å². The number of aromatic amines is 1. The number of rotatable bonds is 4. The summed E-state index contributed by atoms with van der Waals surface area (Å²) in [6.45, 7) is 0.799. The summed E-state index contributed by atoms with van der Waals surface area (Å²) in [6.07, 6.45) is 3.41. The minimum atomic E-state index is -0.357. The summed E-state index contributed by atoms with van der Waals surface area (Å²) in [5.41, 5.74) is 2.39. The summed E-state index contributed by atoms with van der Waals surface area (Å²) in [5, 5.41) is 2.88. The maximum atomic E-state index is 12.4. The van der Waals surface area contributed by atoms with E-state index in [-0.39, 0.29) is 24.2 Å². The maximum Gasteiger partial charge on any atom is 0.229 e.